The Morgan fingerprint density at radius 3 is 1.17 bits per heavy atom. The molecule has 0 aromatic heterocycles. The maximum atomic E-state index is 5.93. The molecule has 6 nitrogen and oxygen atoms in total. The Bertz CT molecular complexity index is 1430. The van der Waals surface area contributed by atoms with Gasteiger partial charge in [-0.15, -0.1) is 0 Å². The van der Waals surface area contributed by atoms with Crippen molar-refractivity contribution in [2.24, 2.45) is 20.5 Å². The van der Waals surface area contributed by atoms with Gasteiger partial charge >= 0.3 is 0 Å². The monoisotopic (exact) mass is 618 g/mol. The fourth-order valence-electron chi connectivity index (χ4n) is 5.02. The number of aryl methyl sites for hydroxylation is 2. The van der Waals surface area contributed by atoms with Crippen molar-refractivity contribution in [1.82, 2.24) is 0 Å². The average Bonchev–Trinajstić information content (AvgIpc) is 3.11. The predicted molar refractivity (Wildman–Crippen MR) is 190 cm³/mol. The zero-order valence-corrected chi connectivity index (χ0v) is 27.7. The van der Waals surface area contributed by atoms with Crippen LogP contribution >= 0.6 is 0 Å². The molecule has 0 fully saturated rings. The van der Waals surface area contributed by atoms with Crippen LogP contribution in [-0.4, -0.2) is 13.2 Å². The predicted octanol–water partition coefficient (Wildman–Crippen LogP) is 13.0. The summed E-state index contributed by atoms with van der Waals surface area (Å²) in [5.41, 5.74) is 6.05. The van der Waals surface area contributed by atoms with Gasteiger partial charge in [-0.25, -0.2) is 0 Å². The van der Waals surface area contributed by atoms with Crippen LogP contribution in [0.2, 0.25) is 0 Å². The molecule has 6 heteroatoms. The number of ether oxygens (including phenoxy) is 2. The first kappa shape index (κ1) is 34.6. The molecular formula is C40H50N4O2. The lowest BCUT2D eigenvalue weighted by Gasteiger charge is -2.07. The van der Waals surface area contributed by atoms with E-state index in [1.165, 1.54) is 62.5 Å². The zero-order valence-electron chi connectivity index (χ0n) is 27.7. The third-order valence-electron chi connectivity index (χ3n) is 7.91. The Kier molecular flexibility index (Phi) is 15.5. The van der Waals surface area contributed by atoms with E-state index in [1.54, 1.807) is 0 Å². The Labute approximate surface area is 276 Å². The fraction of sp³-hybridized carbons (Fsp3) is 0.400. The van der Waals surface area contributed by atoms with E-state index in [4.69, 9.17) is 9.47 Å². The summed E-state index contributed by atoms with van der Waals surface area (Å²) in [4.78, 5) is 0. The molecular weight excluding hydrogens is 568 g/mol. The van der Waals surface area contributed by atoms with Gasteiger partial charge in [0.15, 0.2) is 0 Å². The van der Waals surface area contributed by atoms with Gasteiger partial charge in [0.2, 0.25) is 0 Å². The van der Waals surface area contributed by atoms with Crippen LogP contribution in [0.25, 0.3) is 0 Å². The summed E-state index contributed by atoms with van der Waals surface area (Å²) >= 11 is 0. The minimum absolute atomic E-state index is 0.731. The zero-order chi connectivity index (χ0) is 32.1. The summed E-state index contributed by atoms with van der Waals surface area (Å²) in [5, 5.41) is 17.4. The molecule has 4 aromatic rings. The highest BCUT2D eigenvalue weighted by Gasteiger charge is 2.00. The molecule has 242 valence electrons. The summed E-state index contributed by atoms with van der Waals surface area (Å²) in [5.74, 6) is 1.75. The molecule has 0 aliphatic rings. The molecule has 0 atom stereocenters. The fourth-order valence-corrected chi connectivity index (χ4v) is 5.02. The second kappa shape index (κ2) is 20.7. The Balaban J connectivity index is 1.00. The molecule has 0 aliphatic carbocycles. The first-order valence-electron chi connectivity index (χ1n) is 17.2. The van der Waals surface area contributed by atoms with E-state index < -0.39 is 0 Å². The number of nitrogens with zero attached hydrogens (tertiary/aromatic N) is 4. The molecule has 0 saturated heterocycles. The molecule has 0 heterocycles. The van der Waals surface area contributed by atoms with Crippen molar-refractivity contribution in [2.75, 3.05) is 13.2 Å². The quantitative estimate of drug-likeness (QED) is 0.0688. The molecule has 4 aromatic carbocycles. The van der Waals surface area contributed by atoms with Gasteiger partial charge in [0.25, 0.3) is 0 Å². The third-order valence-corrected chi connectivity index (χ3v) is 7.91. The van der Waals surface area contributed by atoms with E-state index in [0.29, 0.717) is 0 Å². The second-order valence-electron chi connectivity index (χ2n) is 11.7. The smallest absolute Gasteiger partial charge is 0.119 e. The van der Waals surface area contributed by atoms with Crippen molar-refractivity contribution < 1.29 is 9.47 Å². The molecule has 0 amide bonds. The van der Waals surface area contributed by atoms with Crippen LogP contribution < -0.4 is 9.47 Å². The Morgan fingerprint density at radius 2 is 0.761 bits per heavy atom. The number of hydrogen-bond donors (Lipinski definition) is 0. The Morgan fingerprint density at radius 1 is 0.391 bits per heavy atom. The number of benzene rings is 4. The van der Waals surface area contributed by atoms with Gasteiger partial charge in [0, 0.05) is 0 Å². The second-order valence-corrected chi connectivity index (χ2v) is 11.7. The minimum Gasteiger partial charge on any atom is -0.494 e. The number of rotatable bonds is 21. The van der Waals surface area contributed by atoms with E-state index >= 15 is 0 Å². The molecule has 0 saturated carbocycles. The number of azo groups is 2. The molecule has 0 unspecified atom stereocenters. The highest BCUT2D eigenvalue weighted by molar-refractivity contribution is 5.44. The van der Waals surface area contributed by atoms with Crippen LogP contribution in [0.4, 0.5) is 22.7 Å². The van der Waals surface area contributed by atoms with Crippen LogP contribution in [0.3, 0.4) is 0 Å². The number of hydrogen-bond acceptors (Lipinski definition) is 6. The van der Waals surface area contributed by atoms with Crippen molar-refractivity contribution >= 4 is 22.7 Å². The van der Waals surface area contributed by atoms with Crippen LogP contribution in [0.15, 0.2) is 118 Å². The van der Waals surface area contributed by atoms with Crippen molar-refractivity contribution in [1.29, 1.82) is 0 Å². The van der Waals surface area contributed by atoms with Gasteiger partial charge < -0.3 is 9.47 Å². The summed E-state index contributed by atoms with van der Waals surface area (Å²) in [6.45, 7) is 5.85. The van der Waals surface area contributed by atoms with Gasteiger partial charge in [0.1, 0.15) is 11.5 Å². The third kappa shape index (κ3) is 13.4. The summed E-state index contributed by atoms with van der Waals surface area (Å²) in [7, 11) is 0. The molecule has 0 spiro atoms. The van der Waals surface area contributed by atoms with E-state index in [-0.39, 0.29) is 0 Å². The summed E-state index contributed by atoms with van der Waals surface area (Å²) in [6, 6.07) is 32.3. The van der Waals surface area contributed by atoms with Crippen molar-refractivity contribution in [3.8, 4) is 11.5 Å². The largest absolute Gasteiger partial charge is 0.494 e. The van der Waals surface area contributed by atoms with Crippen LogP contribution in [0.5, 0.6) is 11.5 Å². The maximum Gasteiger partial charge on any atom is 0.119 e. The normalized spacial score (nSPS) is 11.4. The van der Waals surface area contributed by atoms with Crippen LogP contribution in [0, 0.1) is 0 Å². The minimum atomic E-state index is 0.731. The van der Waals surface area contributed by atoms with Gasteiger partial charge in [-0.1, -0.05) is 83.1 Å². The van der Waals surface area contributed by atoms with Gasteiger partial charge in [-0.3, -0.25) is 0 Å². The SMILES string of the molecule is CCCCCCc1ccc(N=Nc2ccc(OCCCCCCCCOc3ccc(N=Nc4ccc(CC)cc4)cc3)cc2)cc1. The topological polar surface area (TPSA) is 67.9 Å². The van der Waals surface area contributed by atoms with E-state index in [0.717, 1.165) is 73.1 Å². The lowest BCUT2D eigenvalue weighted by Crippen LogP contribution is -1.98. The highest BCUT2D eigenvalue weighted by Crippen LogP contribution is 2.24. The van der Waals surface area contributed by atoms with E-state index in [2.05, 4.69) is 58.6 Å². The van der Waals surface area contributed by atoms with Gasteiger partial charge in [0.05, 0.1) is 36.0 Å². The molecule has 46 heavy (non-hydrogen) atoms. The van der Waals surface area contributed by atoms with Crippen molar-refractivity contribution in [3.63, 3.8) is 0 Å². The van der Waals surface area contributed by atoms with Crippen molar-refractivity contribution in [2.45, 2.75) is 90.9 Å². The molecule has 4 rings (SSSR count). The standard InChI is InChI=1S/C40H50N4O2/c1-3-5-6-11-14-34-17-21-36(22-18-34)42-44-38-25-29-40(30-26-38)46-32-13-10-8-7-9-12-31-45-39-27-23-37(24-28-39)43-41-35-19-15-33(4-2)16-20-35/h15-30H,3-14,31-32H2,1-2H3. The molecule has 0 N–H and O–H groups in total. The molecule has 0 radical (unpaired) electrons. The summed E-state index contributed by atoms with van der Waals surface area (Å²) in [6.07, 6.45) is 14.2. The van der Waals surface area contributed by atoms with E-state index in [9.17, 15) is 0 Å². The lowest BCUT2D eigenvalue weighted by atomic mass is 10.1. The average molecular weight is 619 g/mol. The van der Waals surface area contributed by atoms with Crippen molar-refractivity contribution in [3.05, 3.63) is 108 Å². The number of unbranched alkanes of at least 4 members (excludes halogenated alkanes) is 8. The Hall–Kier alpha value is -4.32. The first-order valence-corrected chi connectivity index (χ1v) is 17.2. The first-order chi connectivity index (χ1) is 22.7. The summed E-state index contributed by atoms with van der Waals surface area (Å²) < 4.78 is 11.8. The van der Waals surface area contributed by atoms with Gasteiger partial charge in [-0.2, -0.15) is 20.5 Å². The van der Waals surface area contributed by atoms with Gasteiger partial charge in [-0.05, 0) is 116 Å². The lowest BCUT2D eigenvalue weighted by molar-refractivity contribution is 0.297. The van der Waals surface area contributed by atoms with E-state index in [1.807, 2.05) is 72.8 Å². The van der Waals surface area contributed by atoms with Crippen LogP contribution in [-0.2, 0) is 12.8 Å². The van der Waals surface area contributed by atoms with Crippen LogP contribution in [0.1, 0.15) is 89.2 Å². The maximum absolute atomic E-state index is 5.93. The molecule has 0 bridgehead atoms. The highest BCUT2D eigenvalue weighted by atomic mass is 16.5. The molecule has 0 aliphatic heterocycles.